The number of ether oxygens (including phenoxy) is 4. The molecule has 0 saturated heterocycles. The zero-order chi connectivity index (χ0) is 20.7. The van der Waals surface area contributed by atoms with Crippen LogP contribution in [0.3, 0.4) is 0 Å². The molecule has 0 atom stereocenters. The highest BCUT2D eigenvalue weighted by Crippen LogP contribution is 2.29. The van der Waals surface area contributed by atoms with E-state index in [4.69, 9.17) is 31.2 Å². The van der Waals surface area contributed by atoms with Crippen LogP contribution in [0.25, 0.3) is 0 Å². The molecule has 0 saturated carbocycles. The lowest BCUT2D eigenvalue weighted by Crippen LogP contribution is -2.22. The van der Waals surface area contributed by atoms with E-state index >= 15 is 0 Å². The fourth-order valence-electron chi connectivity index (χ4n) is 2.37. The summed E-state index contributed by atoms with van der Waals surface area (Å²) in [6, 6.07) is 9.55. The van der Waals surface area contributed by atoms with Gasteiger partial charge in [0.15, 0.2) is 5.11 Å². The van der Waals surface area contributed by atoms with Crippen molar-refractivity contribution in [1.29, 1.82) is 0 Å². The molecule has 2 aromatic rings. The Bertz CT molecular complexity index is 900. The molecule has 148 valence electrons. The van der Waals surface area contributed by atoms with Gasteiger partial charge in [-0.2, -0.15) is 0 Å². The summed E-state index contributed by atoms with van der Waals surface area (Å²) in [6.07, 6.45) is 0. The van der Waals surface area contributed by atoms with Crippen LogP contribution in [0.4, 0.5) is 11.4 Å². The summed E-state index contributed by atoms with van der Waals surface area (Å²) in [5.41, 5.74) is 1.30. The first kappa shape index (κ1) is 21.0. The first-order valence-corrected chi connectivity index (χ1v) is 8.45. The van der Waals surface area contributed by atoms with Crippen molar-refractivity contribution in [3.63, 3.8) is 0 Å². The number of nitrogens with one attached hydrogen (secondary N) is 2. The highest BCUT2D eigenvalue weighted by atomic mass is 32.1. The van der Waals surface area contributed by atoms with E-state index in [0.717, 1.165) is 0 Å². The van der Waals surface area contributed by atoms with Gasteiger partial charge in [0.2, 0.25) is 0 Å². The Morgan fingerprint density at radius 2 is 1.50 bits per heavy atom. The second-order valence-electron chi connectivity index (χ2n) is 5.39. The number of carbonyl (C=O) groups excluding carboxylic acids is 2. The van der Waals surface area contributed by atoms with Gasteiger partial charge in [-0.1, -0.05) is 0 Å². The molecule has 0 spiro atoms. The van der Waals surface area contributed by atoms with Gasteiger partial charge in [0.1, 0.15) is 11.5 Å². The maximum absolute atomic E-state index is 12.0. The molecule has 2 rings (SSSR count). The predicted octanol–water partition coefficient (Wildman–Crippen LogP) is 3.09. The Labute approximate surface area is 167 Å². The van der Waals surface area contributed by atoms with Crippen LogP contribution >= 0.6 is 12.2 Å². The van der Waals surface area contributed by atoms with Gasteiger partial charge < -0.3 is 29.6 Å². The Morgan fingerprint density at radius 1 is 0.821 bits per heavy atom. The molecule has 0 radical (unpaired) electrons. The first-order valence-electron chi connectivity index (χ1n) is 8.04. The summed E-state index contributed by atoms with van der Waals surface area (Å²) in [4.78, 5) is 23.8. The predicted molar refractivity (Wildman–Crippen MR) is 109 cm³/mol. The van der Waals surface area contributed by atoms with E-state index < -0.39 is 11.9 Å². The van der Waals surface area contributed by atoms with Crippen LogP contribution in [0.2, 0.25) is 0 Å². The van der Waals surface area contributed by atoms with Crippen molar-refractivity contribution in [2.45, 2.75) is 0 Å². The average Bonchev–Trinajstić information content (AvgIpc) is 2.72. The molecular weight excluding hydrogens is 384 g/mol. The smallest absolute Gasteiger partial charge is 0.339 e. The van der Waals surface area contributed by atoms with Gasteiger partial charge in [-0.15, -0.1) is 0 Å². The number of carbonyl (C=O) groups is 2. The summed E-state index contributed by atoms with van der Waals surface area (Å²) >= 11 is 5.34. The molecule has 0 bridgehead atoms. The molecule has 8 nitrogen and oxygen atoms in total. The SMILES string of the molecule is COC(=O)c1ccc(C(=O)OC)c(NC(=S)Nc2cc(OC)ccc2OC)c1. The Kier molecular flexibility index (Phi) is 7.16. The van der Waals surface area contributed by atoms with Gasteiger partial charge in [0, 0.05) is 6.07 Å². The van der Waals surface area contributed by atoms with Crippen molar-refractivity contribution in [3.8, 4) is 11.5 Å². The van der Waals surface area contributed by atoms with Crippen LogP contribution in [0.15, 0.2) is 36.4 Å². The Morgan fingerprint density at radius 3 is 2.11 bits per heavy atom. The minimum Gasteiger partial charge on any atom is -0.497 e. The molecule has 0 aliphatic rings. The number of hydrogen-bond donors (Lipinski definition) is 2. The summed E-state index contributed by atoms with van der Waals surface area (Å²) < 4.78 is 20.0. The van der Waals surface area contributed by atoms with Gasteiger partial charge in [-0.25, -0.2) is 9.59 Å². The Hall–Kier alpha value is -3.33. The number of hydrogen-bond acceptors (Lipinski definition) is 7. The number of rotatable bonds is 6. The van der Waals surface area contributed by atoms with Gasteiger partial charge in [-0.05, 0) is 42.5 Å². The zero-order valence-electron chi connectivity index (χ0n) is 15.8. The molecule has 0 amide bonds. The molecule has 2 aromatic carbocycles. The average molecular weight is 404 g/mol. The third-order valence-corrected chi connectivity index (χ3v) is 3.95. The summed E-state index contributed by atoms with van der Waals surface area (Å²) in [6.45, 7) is 0. The van der Waals surface area contributed by atoms with Crippen molar-refractivity contribution in [1.82, 2.24) is 0 Å². The van der Waals surface area contributed by atoms with Crippen LogP contribution in [0.1, 0.15) is 20.7 Å². The molecule has 0 fully saturated rings. The highest BCUT2D eigenvalue weighted by Gasteiger charge is 2.17. The van der Waals surface area contributed by atoms with Crippen molar-refractivity contribution < 1.29 is 28.5 Å². The lowest BCUT2D eigenvalue weighted by atomic mass is 10.1. The molecule has 0 aliphatic carbocycles. The number of methoxy groups -OCH3 is 4. The number of benzene rings is 2. The van der Waals surface area contributed by atoms with E-state index in [9.17, 15) is 9.59 Å². The van der Waals surface area contributed by atoms with Crippen molar-refractivity contribution >= 4 is 40.6 Å². The van der Waals surface area contributed by atoms with Crippen molar-refractivity contribution in [3.05, 3.63) is 47.5 Å². The second-order valence-corrected chi connectivity index (χ2v) is 5.80. The van der Waals surface area contributed by atoms with Crippen LogP contribution in [-0.2, 0) is 9.47 Å². The van der Waals surface area contributed by atoms with Gasteiger partial charge in [-0.3, -0.25) is 0 Å². The Balaban J connectivity index is 2.32. The number of esters is 2. The van der Waals surface area contributed by atoms with E-state index in [1.54, 1.807) is 25.3 Å². The highest BCUT2D eigenvalue weighted by molar-refractivity contribution is 7.80. The molecule has 28 heavy (non-hydrogen) atoms. The monoisotopic (exact) mass is 404 g/mol. The molecule has 2 N–H and O–H groups in total. The van der Waals surface area contributed by atoms with E-state index in [0.29, 0.717) is 17.2 Å². The second kappa shape index (κ2) is 9.56. The van der Waals surface area contributed by atoms with Crippen LogP contribution < -0.4 is 20.1 Å². The lowest BCUT2D eigenvalue weighted by molar-refractivity contribution is 0.0587. The van der Waals surface area contributed by atoms with E-state index in [1.807, 2.05) is 0 Å². The maximum atomic E-state index is 12.0. The molecular formula is C19H20N2O6S. The molecule has 0 aliphatic heterocycles. The molecule has 0 unspecified atom stereocenters. The summed E-state index contributed by atoms with van der Waals surface area (Å²) in [5, 5.41) is 6.04. The van der Waals surface area contributed by atoms with Crippen LogP contribution in [-0.4, -0.2) is 45.5 Å². The van der Waals surface area contributed by atoms with Crippen LogP contribution in [0.5, 0.6) is 11.5 Å². The number of anilines is 2. The minimum atomic E-state index is -0.583. The normalized spacial score (nSPS) is 9.86. The van der Waals surface area contributed by atoms with Gasteiger partial charge in [0.25, 0.3) is 0 Å². The fourth-order valence-corrected chi connectivity index (χ4v) is 2.59. The maximum Gasteiger partial charge on any atom is 0.339 e. The van der Waals surface area contributed by atoms with E-state index in [-0.39, 0.29) is 21.9 Å². The first-order chi connectivity index (χ1) is 13.4. The quantitative estimate of drug-likeness (QED) is 0.556. The molecule has 0 heterocycles. The summed E-state index contributed by atoms with van der Waals surface area (Å²) in [7, 11) is 5.60. The largest absolute Gasteiger partial charge is 0.497 e. The number of thiocarbonyl (C=S) groups is 1. The van der Waals surface area contributed by atoms with Crippen molar-refractivity contribution in [2.75, 3.05) is 39.1 Å². The van der Waals surface area contributed by atoms with E-state index in [1.165, 1.54) is 39.5 Å². The topological polar surface area (TPSA) is 95.1 Å². The summed E-state index contributed by atoms with van der Waals surface area (Å²) in [5.74, 6) is 0.0176. The van der Waals surface area contributed by atoms with Crippen molar-refractivity contribution in [2.24, 2.45) is 0 Å². The third-order valence-electron chi connectivity index (χ3n) is 3.75. The molecule has 9 heteroatoms. The molecule has 0 aromatic heterocycles. The van der Waals surface area contributed by atoms with Gasteiger partial charge in [0.05, 0.1) is 50.9 Å². The minimum absolute atomic E-state index is 0.165. The third kappa shape index (κ3) is 4.89. The lowest BCUT2D eigenvalue weighted by Gasteiger charge is -2.16. The van der Waals surface area contributed by atoms with E-state index in [2.05, 4.69) is 10.6 Å². The fraction of sp³-hybridized carbons (Fsp3) is 0.211. The standard InChI is InChI=1S/C19H20N2O6S/c1-24-12-6-8-16(25-2)15(10-12)21-19(28)20-14-9-11(17(22)26-3)5-7-13(14)18(23)27-4/h5-10H,1-4H3,(H2,20,21,28). The van der Waals surface area contributed by atoms with Crippen LogP contribution in [0, 0.1) is 0 Å². The van der Waals surface area contributed by atoms with Gasteiger partial charge >= 0.3 is 11.9 Å². The zero-order valence-corrected chi connectivity index (χ0v) is 16.6.